The third kappa shape index (κ3) is 6.37. The first-order chi connectivity index (χ1) is 12.2. The van der Waals surface area contributed by atoms with Gasteiger partial charge in [0.25, 0.3) is 0 Å². The Balaban J connectivity index is 1.89. The molecule has 0 radical (unpaired) electrons. The Hall–Kier alpha value is -2.69. The number of benzene rings is 2. The van der Waals surface area contributed by atoms with E-state index in [1.807, 2.05) is 49.4 Å². The quantitative estimate of drug-likeness (QED) is 0.572. The maximum absolute atomic E-state index is 5.96. The van der Waals surface area contributed by atoms with Crippen LogP contribution in [-0.2, 0) is 6.54 Å². The predicted octanol–water partition coefficient (Wildman–Crippen LogP) is 3.22. The van der Waals surface area contributed by atoms with Gasteiger partial charge in [0.05, 0.1) is 20.2 Å². The molecule has 5 nitrogen and oxygen atoms in total. The fourth-order valence-electron chi connectivity index (χ4n) is 2.31. The Kier molecular flexibility index (Phi) is 7.63. The van der Waals surface area contributed by atoms with Gasteiger partial charge in [0.1, 0.15) is 6.10 Å². The molecule has 5 heteroatoms. The van der Waals surface area contributed by atoms with Crippen LogP contribution in [0.2, 0.25) is 0 Å². The zero-order valence-corrected chi connectivity index (χ0v) is 15.2. The van der Waals surface area contributed by atoms with Crippen molar-refractivity contribution in [1.29, 1.82) is 0 Å². The van der Waals surface area contributed by atoms with E-state index in [0.29, 0.717) is 13.1 Å². The van der Waals surface area contributed by atoms with Gasteiger partial charge in [-0.3, -0.25) is 0 Å². The van der Waals surface area contributed by atoms with E-state index >= 15 is 0 Å². The normalized spacial score (nSPS) is 12.4. The average molecular weight is 341 g/mol. The van der Waals surface area contributed by atoms with Crippen molar-refractivity contribution in [2.75, 3.05) is 20.2 Å². The molecule has 2 rings (SSSR count). The molecular formula is C20H27N3O2. The Morgan fingerprint density at radius 3 is 2.36 bits per heavy atom. The molecule has 0 aliphatic rings. The molecule has 1 unspecified atom stereocenters. The topological polar surface area (TPSA) is 54.9 Å². The number of hydrogen-bond donors (Lipinski definition) is 2. The van der Waals surface area contributed by atoms with E-state index in [1.54, 1.807) is 7.11 Å². The molecule has 25 heavy (non-hydrogen) atoms. The smallest absolute Gasteiger partial charge is 0.191 e. The van der Waals surface area contributed by atoms with Crippen molar-refractivity contribution in [3.63, 3.8) is 0 Å². The SMILES string of the molecule is CCNC(=NCc1ccccc1)NCC(C)Oc1ccccc1OC. The molecule has 0 aromatic heterocycles. The van der Waals surface area contributed by atoms with Crippen LogP contribution in [0.25, 0.3) is 0 Å². The fourth-order valence-corrected chi connectivity index (χ4v) is 2.31. The van der Waals surface area contributed by atoms with E-state index < -0.39 is 0 Å². The number of ether oxygens (including phenoxy) is 2. The number of nitrogens with one attached hydrogen (secondary N) is 2. The number of rotatable bonds is 8. The zero-order valence-electron chi connectivity index (χ0n) is 15.2. The summed E-state index contributed by atoms with van der Waals surface area (Å²) in [5, 5.41) is 6.57. The van der Waals surface area contributed by atoms with Gasteiger partial charge in [0.15, 0.2) is 17.5 Å². The maximum Gasteiger partial charge on any atom is 0.191 e. The Morgan fingerprint density at radius 1 is 1.00 bits per heavy atom. The van der Waals surface area contributed by atoms with Crippen molar-refractivity contribution in [2.45, 2.75) is 26.5 Å². The maximum atomic E-state index is 5.96. The summed E-state index contributed by atoms with van der Waals surface area (Å²) in [6, 6.07) is 17.8. The van der Waals surface area contributed by atoms with Gasteiger partial charge in [-0.1, -0.05) is 42.5 Å². The molecule has 134 valence electrons. The molecule has 0 saturated carbocycles. The molecule has 0 bridgehead atoms. The molecule has 0 saturated heterocycles. The van der Waals surface area contributed by atoms with Gasteiger partial charge in [-0.2, -0.15) is 0 Å². The summed E-state index contributed by atoms with van der Waals surface area (Å²) < 4.78 is 11.3. The Bertz CT molecular complexity index is 659. The highest BCUT2D eigenvalue weighted by molar-refractivity contribution is 5.79. The van der Waals surface area contributed by atoms with Crippen LogP contribution in [0.3, 0.4) is 0 Å². The van der Waals surface area contributed by atoms with Crippen LogP contribution in [-0.4, -0.2) is 32.3 Å². The van der Waals surface area contributed by atoms with Crippen LogP contribution >= 0.6 is 0 Å². The van der Waals surface area contributed by atoms with Crippen LogP contribution in [0, 0.1) is 0 Å². The van der Waals surface area contributed by atoms with Gasteiger partial charge >= 0.3 is 0 Å². The number of aliphatic imine (C=N–C) groups is 1. The van der Waals surface area contributed by atoms with E-state index in [9.17, 15) is 0 Å². The summed E-state index contributed by atoms with van der Waals surface area (Å²) in [7, 11) is 1.64. The zero-order chi connectivity index (χ0) is 17.9. The molecule has 1 atom stereocenters. The van der Waals surface area contributed by atoms with Crippen molar-refractivity contribution in [2.24, 2.45) is 4.99 Å². The van der Waals surface area contributed by atoms with E-state index in [0.717, 1.165) is 24.0 Å². The predicted molar refractivity (Wildman–Crippen MR) is 102 cm³/mol. The summed E-state index contributed by atoms with van der Waals surface area (Å²) in [6.07, 6.45) is -0.0307. The molecule has 0 aliphatic heterocycles. The van der Waals surface area contributed by atoms with Gasteiger partial charge in [-0.25, -0.2) is 4.99 Å². The van der Waals surface area contributed by atoms with Crippen molar-refractivity contribution < 1.29 is 9.47 Å². The van der Waals surface area contributed by atoms with E-state index in [4.69, 9.17) is 9.47 Å². The van der Waals surface area contributed by atoms with Gasteiger partial charge < -0.3 is 20.1 Å². The third-order valence-electron chi connectivity index (χ3n) is 3.56. The number of hydrogen-bond acceptors (Lipinski definition) is 3. The van der Waals surface area contributed by atoms with Crippen LogP contribution in [0.15, 0.2) is 59.6 Å². The van der Waals surface area contributed by atoms with Gasteiger partial charge in [0.2, 0.25) is 0 Å². The van der Waals surface area contributed by atoms with E-state index in [2.05, 4.69) is 34.7 Å². The van der Waals surface area contributed by atoms with Gasteiger partial charge in [-0.15, -0.1) is 0 Å². The highest BCUT2D eigenvalue weighted by Gasteiger charge is 2.09. The Labute approximate surface area is 150 Å². The van der Waals surface area contributed by atoms with Crippen molar-refractivity contribution >= 4 is 5.96 Å². The van der Waals surface area contributed by atoms with Crippen molar-refractivity contribution in [1.82, 2.24) is 10.6 Å². The molecule has 2 aromatic rings. The van der Waals surface area contributed by atoms with Crippen LogP contribution in [0.4, 0.5) is 0 Å². The second kappa shape index (κ2) is 10.2. The van der Waals surface area contributed by atoms with Crippen LogP contribution < -0.4 is 20.1 Å². The standard InChI is InChI=1S/C20H27N3O2/c1-4-21-20(23-15-17-10-6-5-7-11-17)22-14-16(2)25-19-13-9-8-12-18(19)24-3/h5-13,16H,4,14-15H2,1-3H3,(H2,21,22,23). The highest BCUT2D eigenvalue weighted by Crippen LogP contribution is 2.26. The number of methoxy groups -OCH3 is 1. The summed E-state index contributed by atoms with van der Waals surface area (Å²) in [5.41, 5.74) is 1.18. The first kappa shape index (κ1) is 18.6. The number of nitrogens with zero attached hydrogens (tertiary/aromatic N) is 1. The lowest BCUT2D eigenvalue weighted by Gasteiger charge is -2.19. The van der Waals surface area contributed by atoms with Crippen molar-refractivity contribution in [3.8, 4) is 11.5 Å². The highest BCUT2D eigenvalue weighted by atomic mass is 16.5. The van der Waals surface area contributed by atoms with E-state index in [-0.39, 0.29) is 6.10 Å². The average Bonchev–Trinajstić information content (AvgIpc) is 2.65. The Morgan fingerprint density at radius 2 is 1.68 bits per heavy atom. The summed E-state index contributed by atoms with van der Waals surface area (Å²) in [5.74, 6) is 2.26. The summed E-state index contributed by atoms with van der Waals surface area (Å²) in [4.78, 5) is 4.61. The monoisotopic (exact) mass is 341 g/mol. The largest absolute Gasteiger partial charge is 0.493 e. The minimum atomic E-state index is -0.0307. The molecule has 0 amide bonds. The number of para-hydroxylation sites is 2. The van der Waals surface area contributed by atoms with E-state index in [1.165, 1.54) is 5.56 Å². The van der Waals surface area contributed by atoms with Gasteiger partial charge in [0, 0.05) is 6.54 Å². The molecule has 0 heterocycles. The van der Waals surface area contributed by atoms with Crippen LogP contribution in [0.5, 0.6) is 11.5 Å². The number of guanidine groups is 1. The lowest BCUT2D eigenvalue weighted by Crippen LogP contribution is -2.41. The van der Waals surface area contributed by atoms with Crippen molar-refractivity contribution in [3.05, 3.63) is 60.2 Å². The molecule has 0 fully saturated rings. The molecule has 0 aliphatic carbocycles. The second-order valence-electron chi connectivity index (χ2n) is 5.64. The lowest BCUT2D eigenvalue weighted by atomic mass is 10.2. The first-order valence-electron chi connectivity index (χ1n) is 8.58. The second-order valence-corrected chi connectivity index (χ2v) is 5.64. The van der Waals surface area contributed by atoms with Gasteiger partial charge in [-0.05, 0) is 31.5 Å². The molecular weight excluding hydrogens is 314 g/mol. The molecule has 2 aromatic carbocycles. The third-order valence-corrected chi connectivity index (χ3v) is 3.56. The lowest BCUT2D eigenvalue weighted by molar-refractivity contribution is 0.213. The fraction of sp³-hybridized carbons (Fsp3) is 0.350. The summed E-state index contributed by atoms with van der Waals surface area (Å²) in [6.45, 7) is 6.15. The van der Waals surface area contributed by atoms with Crippen LogP contribution in [0.1, 0.15) is 19.4 Å². The summed E-state index contributed by atoms with van der Waals surface area (Å²) >= 11 is 0. The minimum Gasteiger partial charge on any atom is -0.493 e. The first-order valence-corrected chi connectivity index (χ1v) is 8.58. The minimum absolute atomic E-state index is 0.0307. The molecule has 0 spiro atoms. The molecule has 2 N–H and O–H groups in total.